The first-order valence-electron chi connectivity index (χ1n) is 5.63. The Morgan fingerprint density at radius 3 is 2.94 bits per heavy atom. The van der Waals surface area contributed by atoms with E-state index in [4.69, 9.17) is 4.74 Å². The Bertz CT molecular complexity index is 590. The fraction of sp³-hybridized carbons (Fsp3) is 0.333. The van der Waals surface area contributed by atoms with Gasteiger partial charge in [0.15, 0.2) is 0 Å². The molecule has 0 amide bonds. The third kappa shape index (κ3) is 2.07. The summed E-state index contributed by atoms with van der Waals surface area (Å²) in [6.07, 6.45) is 0.242. The van der Waals surface area contributed by atoms with Gasteiger partial charge in [0, 0.05) is 13.1 Å². The van der Waals surface area contributed by atoms with Gasteiger partial charge in [-0.2, -0.15) is 0 Å². The molecule has 0 bridgehead atoms. The van der Waals surface area contributed by atoms with Gasteiger partial charge in [-0.1, -0.05) is 12.1 Å². The molecule has 1 aliphatic rings. The maximum absolute atomic E-state index is 11.8. The van der Waals surface area contributed by atoms with E-state index in [0.29, 0.717) is 23.3 Å². The summed E-state index contributed by atoms with van der Waals surface area (Å²) < 4.78 is 5.57. The molecule has 2 N–H and O–H groups in total. The molecule has 17 heavy (non-hydrogen) atoms. The number of para-hydroxylation sites is 1. The lowest BCUT2D eigenvalue weighted by Crippen LogP contribution is -2.48. The Labute approximate surface area is 97.8 Å². The Morgan fingerprint density at radius 1 is 1.35 bits per heavy atom. The van der Waals surface area contributed by atoms with Crippen LogP contribution in [0.5, 0.6) is 0 Å². The average Bonchev–Trinajstić information content (AvgIpc) is 2.27. The largest absolute Gasteiger partial charge is 0.368 e. The van der Waals surface area contributed by atoms with Crippen LogP contribution in [-0.2, 0) is 11.3 Å². The zero-order chi connectivity index (χ0) is 11.7. The topological polar surface area (TPSA) is 67.0 Å². The quantitative estimate of drug-likeness (QED) is 0.803. The van der Waals surface area contributed by atoms with Crippen LogP contribution >= 0.6 is 0 Å². The second-order valence-electron chi connectivity index (χ2n) is 4.12. The highest BCUT2D eigenvalue weighted by Gasteiger charge is 2.17. The van der Waals surface area contributed by atoms with E-state index in [-0.39, 0.29) is 11.7 Å². The molecule has 2 aromatic rings. The van der Waals surface area contributed by atoms with Gasteiger partial charge in [-0.15, -0.1) is 0 Å². The van der Waals surface area contributed by atoms with Crippen LogP contribution in [0, 0.1) is 0 Å². The van der Waals surface area contributed by atoms with Crippen molar-refractivity contribution in [2.75, 3.05) is 13.1 Å². The van der Waals surface area contributed by atoms with Crippen molar-refractivity contribution in [2.45, 2.75) is 12.7 Å². The van der Waals surface area contributed by atoms with Crippen LogP contribution in [0.25, 0.3) is 10.9 Å². The molecular formula is C12H13N3O2. The fourth-order valence-corrected chi connectivity index (χ4v) is 1.78. The highest BCUT2D eigenvalue weighted by molar-refractivity contribution is 5.77. The van der Waals surface area contributed by atoms with Crippen molar-refractivity contribution in [3.63, 3.8) is 0 Å². The summed E-state index contributed by atoms with van der Waals surface area (Å²) >= 11 is 0. The molecule has 1 aliphatic heterocycles. The molecule has 1 aromatic carbocycles. The van der Waals surface area contributed by atoms with Gasteiger partial charge in [-0.25, -0.2) is 4.98 Å². The monoisotopic (exact) mass is 231 g/mol. The normalized spacial score (nSPS) is 16.0. The van der Waals surface area contributed by atoms with Crippen molar-refractivity contribution in [1.82, 2.24) is 15.3 Å². The van der Waals surface area contributed by atoms with E-state index in [1.165, 1.54) is 0 Å². The molecule has 1 saturated heterocycles. The lowest BCUT2D eigenvalue weighted by atomic mass is 10.2. The number of aromatic nitrogens is 2. The van der Waals surface area contributed by atoms with E-state index in [1.54, 1.807) is 6.07 Å². The van der Waals surface area contributed by atoms with Gasteiger partial charge in [0.2, 0.25) is 0 Å². The molecule has 5 heteroatoms. The fourth-order valence-electron chi connectivity index (χ4n) is 1.78. The maximum Gasteiger partial charge on any atom is 0.258 e. The van der Waals surface area contributed by atoms with Crippen LogP contribution in [0.3, 0.4) is 0 Å². The molecule has 0 unspecified atom stereocenters. The first-order chi connectivity index (χ1) is 8.33. The summed E-state index contributed by atoms with van der Waals surface area (Å²) in [7, 11) is 0. The molecule has 3 rings (SSSR count). The molecule has 0 atom stereocenters. The van der Waals surface area contributed by atoms with Crippen LogP contribution in [0.1, 0.15) is 5.82 Å². The highest BCUT2D eigenvalue weighted by Crippen LogP contribution is 2.07. The first-order valence-corrected chi connectivity index (χ1v) is 5.63. The van der Waals surface area contributed by atoms with E-state index in [1.807, 2.05) is 18.2 Å². The number of fused-ring (bicyclic) bond motifs is 1. The van der Waals surface area contributed by atoms with Crippen molar-refractivity contribution < 1.29 is 4.74 Å². The molecule has 1 aromatic heterocycles. The van der Waals surface area contributed by atoms with E-state index in [9.17, 15) is 4.79 Å². The Kier molecular flexibility index (Phi) is 2.62. The van der Waals surface area contributed by atoms with E-state index in [0.717, 1.165) is 13.1 Å². The molecular weight excluding hydrogens is 218 g/mol. The second-order valence-corrected chi connectivity index (χ2v) is 4.12. The number of aromatic amines is 1. The number of H-pyrrole nitrogens is 1. The van der Waals surface area contributed by atoms with Gasteiger partial charge in [0.05, 0.1) is 17.0 Å². The summed E-state index contributed by atoms with van der Waals surface area (Å²) in [5.41, 5.74) is 0.600. The van der Waals surface area contributed by atoms with Crippen molar-refractivity contribution in [1.29, 1.82) is 0 Å². The second kappa shape index (κ2) is 4.27. The SMILES string of the molecule is O=c1[nH]c(COC2CNC2)nc2ccccc12. The van der Waals surface area contributed by atoms with E-state index >= 15 is 0 Å². The molecule has 1 fully saturated rings. The van der Waals surface area contributed by atoms with E-state index < -0.39 is 0 Å². The number of hydrogen-bond acceptors (Lipinski definition) is 4. The number of nitrogens with zero attached hydrogens (tertiary/aromatic N) is 1. The molecule has 0 radical (unpaired) electrons. The number of rotatable bonds is 3. The molecule has 2 heterocycles. The summed E-state index contributed by atoms with van der Waals surface area (Å²) in [4.78, 5) is 18.9. The Morgan fingerprint density at radius 2 is 2.18 bits per heavy atom. The van der Waals surface area contributed by atoms with Crippen molar-refractivity contribution in [3.8, 4) is 0 Å². The number of benzene rings is 1. The minimum absolute atomic E-state index is 0.110. The van der Waals surface area contributed by atoms with Gasteiger partial charge >= 0.3 is 0 Å². The van der Waals surface area contributed by atoms with Gasteiger partial charge in [0.25, 0.3) is 5.56 Å². The van der Waals surface area contributed by atoms with Gasteiger partial charge in [0.1, 0.15) is 12.4 Å². The summed E-state index contributed by atoms with van der Waals surface area (Å²) in [6.45, 7) is 2.10. The van der Waals surface area contributed by atoms with Gasteiger partial charge < -0.3 is 15.0 Å². The van der Waals surface area contributed by atoms with Crippen molar-refractivity contribution in [2.24, 2.45) is 0 Å². The number of ether oxygens (including phenoxy) is 1. The van der Waals surface area contributed by atoms with Crippen LogP contribution in [-0.4, -0.2) is 29.2 Å². The first kappa shape index (κ1) is 10.4. The zero-order valence-corrected chi connectivity index (χ0v) is 9.27. The Balaban J connectivity index is 1.86. The molecule has 5 nitrogen and oxygen atoms in total. The van der Waals surface area contributed by atoms with Crippen LogP contribution in [0.15, 0.2) is 29.1 Å². The van der Waals surface area contributed by atoms with Gasteiger partial charge in [-0.05, 0) is 12.1 Å². The van der Waals surface area contributed by atoms with Crippen LogP contribution in [0.2, 0.25) is 0 Å². The molecule has 88 valence electrons. The third-order valence-electron chi connectivity index (χ3n) is 2.86. The average molecular weight is 231 g/mol. The lowest BCUT2D eigenvalue weighted by molar-refractivity contribution is 0.00444. The zero-order valence-electron chi connectivity index (χ0n) is 9.27. The van der Waals surface area contributed by atoms with E-state index in [2.05, 4.69) is 15.3 Å². The van der Waals surface area contributed by atoms with Crippen molar-refractivity contribution >= 4 is 10.9 Å². The lowest BCUT2D eigenvalue weighted by Gasteiger charge is -2.26. The number of nitrogens with one attached hydrogen (secondary N) is 2. The maximum atomic E-state index is 11.8. The summed E-state index contributed by atoms with van der Waals surface area (Å²) in [5.74, 6) is 0.584. The smallest absolute Gasteiger partial charge is 0.258 e. The van der Waals surface area contributed by atoms with Crippen LogP contribution < -0.4 is 10.9 Å². The minimum Gasteiger partial charge on any atom is -0.368 e. The van der Waals surface area contributed by atoms with Crippen molar-refractivity contribution in [3.05, 3.63) is 40.4 Å². The summed E-state index contributed by atoms with van der Waals surface area (Å²) in [6, 6.07) is 7.30. The number of hydrogen-bond donors (Lipinski definition) is 2. The molecule has 0 aliphatic carbocycles. The predicted molar refractivity (Wildman–Crippen MR) is 63.8 cm³/mol. The van der Waals surface area contributed by atoms with Gasteiger partial charge in [-0.3, -0.25) is 4.79 Å². The molecule has 0 saturated carbocycles. The minimum atomic E-state index is -0.110. The predicted octanol–water partition coefficient (Wildman–Crippen LogP) is 0.411. The Hall–Kier alpha value is -1.72. The third-order valence-corrected chi connectivity index (χ3v) is 2.86. The highest BCUT2D eigenvalue weighted by atomic mass is 16.5. The molecule has 0 spiro atoms. The standard InChI is InChI=1S/C12H13N3O2/c16-12-9-3-1-2-4-10(9)14-11(15-12)7-17-8-5-13-6-8/h1-4,8,13H,5-7H2,(H,14,15,16). The summed E-state index contributed by atoms with van der Waals surface area (Å²) in [5, 5.41) is 3.73. The van der Waals surface area contributed by atoms with Crippen LogP contribution in [0.4, 0.5) is 0 Å².